The lowest BCUT2D eigenvalue weighted by Crippen LogP contribution is -2.30. The van der Waals surface area contributed by atoms with Crippen LogP contribution in [0.1, 0.15) is 23.7 Å². The molecule has 0 aliphatic heterocycles. The van der Waals surface area contributed by atoms with Crippen LogP contribution < -0.4 is 0 Å². The largest absolute Gasteiger partial charge is 0.299 e. The Hall–Kier alpha value is -1.72. The van der Waals surface area contributed by atoms with Gasteiger partial charge in [0.05, 0.1) is 4.90 Å². The summed E-state index contributed by atoms with van der Waals surface area (Å²) >= 11 is 0. The summed E-state index contributed by atoms with van der Waals surface area (Å²) in [7, 11) is -1.06. The smallest absolute Gasteiger partial charge is 0.175 e. The zero-order valence-electron chi connectivity index (χ0n) is 14.2. The second-order valence-electron chi connectivity index (χ2n) is 6.21. The molecule has 0 aliphatic carbocycles. The molecule has 0 fully saturated rings. The van der Waals surface area contributed by atoms with Crippen LogP contribution in [-0.2, 0) is 22.8 Å². The van der Waals surface area contributed by atoms with E-state index in [9.17, 15) is 8.42 Å². The Labute approximate surface area is 139 Å². The van der Waals surface area contributed by atoms with Gasteiger partial charge in [0, 0.05) is 37.2 Å². The number of hydrogen-bond donors (Lipinski definition) is 0. The maximum atomic E-state index is 11.5. The van der Waals surface area contributed by atoms with Crippen LogP contribution in [0.4, 0.5) is 0 Å². The van der Waals surface area contributed by atoms with E-state index in [-0.39, 0.29) is 0 Å². The van der Waals surface area contributed by atoms with E-state index >= 15 is 0 Å². The first-order chi connectivity index (χ1) is 10.8. The number of rotatable bonds is 6. The van der Waals surface area contributed by atoms with E-state index in [2.05, 4.69) is 36.8 Å². The van der Waals surface area contributed by atoms with Crippen molar-refractivity contribution >= 4 is 9.84 Å². The van der Waals surface area contributed by atoms with E-state index in [1.54, 1.807) is 12.1 Å². The highest BCUT2D eigenvalue weighted by atomic mass is 32.2. The second-order valence-corrected chi connectivity index (χ2v) is 8.22. The van der Waals surface area contributed by atoms with Gasteiger partial charge in [0.25, 0.3) is 0 Å². The Morgan fingerprint density at radius 2 is 1.83 bits per heavy atom. The van der Waals surface area contributed by atoms with Crippen molar-refractivity contribution in [2.45, 2.75) is 37.8 Å². The average Bonchev–Trinajstić information content (AvgIpc) is 2.46. The summed E-state index contributed by atoms with van der Waals surface area (Å²) in [5.41, 5.74) is 3.42. The molecule has 0 bridgehead atoms. The van der Waals surface area contributed by atoms with Gasteiger partial charge in [-0.2, -0.15) is 0 Å². The highest BCUT2D eigenvalue weighted by Gasteiger charge is 2.12. The lowest BCUT2D eigenvalue weighted by Gasteiger charge is -2.24. The molecule has 1 aromatic carbocycles. The van der Waals surface area contributed by atoms with E-state index in [4.69, 9.17) is 0 Å². The molecule has 4 nitrogen and oxygen atoms in total. The number of pyridine rings is 1. The fraction of sp³-hybridized carbons (Fsp3) is 0.389. The van der Waals surface area contributed by atoms with Crippen LogP contribution in [0, 0.1) is 6.92 Å². The van der Waals surface area contributed by atoms with E-state index in [0.29, 0.717) is 10.9 Å². The first-order valence-corrected chi connectivity index (χ1v) is 9.55. The minimum Gasteiger partial charge on any atom is -0.299 e. The van der Waals surface area contributed by atoms with Gasteiger partial charge in [0.2, 0.25) is 0 Å². The number of aromatic nitrogens is 1. The van der Waals surface area contributed by atoms with Gasteiger partial charge in [-0.25, -0.2) is 8.42 Å². The third-order valence-corrected chi connectivity index (χ3v) is 5.14. The van der Waals surface area contributed by atoms with E-state index in [0.717, 1.165) is 24.2 Å². The van der Waals surface area contributed by atoms with Crippen molar-refractivity contribution in [2.24, 2.45) is 0 Å². The summed E-state index contributed by atoms with van der Waals surface area (Å²) in [4.78, 5) is 7.03. The predicted octanol–water partition coefficient (Wildman–Crippen LogP) is 2.86. The standard InChI is InChI=1S/C18H24N2O2S/c1-14-9-10-19-17(11-14)12-15(2)20(3)13-16-5-7-18(8-6-16)23(4,21)22/h5-11,15H,12-13H2,1-4H3. The SMILES string of the molecule is Cc1ccnc(CC(C)N(C)Cc2ccc(S(C)(=O)=O)cc2)c1. The molecular formula is C18H24N2O2S. The highest BCUT2D eigenvalue weighted by Crippen LogP contribution is 2.14. The number of likely N-dealkylation sites (N-methyl/N-ethyl adjacent to an activating group) is 1. The van der Waals surface area contributed by atoms with Crippen molar-refractivity contribution in [1.29, 1.82) is 0 Å². The maximum absolute atomic E-state index is 11.5. The van der Waals surface area contributed by atoms with Crippen LogP contribution >= 0.6 is 0 Å². The first-order valence-electron chi connectivity index (χ1n) is 7.66. The number of benzene rings is 1. The Kier molecular flexibility index (Phi) is 5.55. The molecule has 124 valence electrons. The molecular weight excluding hydrogens is 308 g/mol. The summed E-state index contributed by atoms with van der Waals surface area (Å²) in [5, 5.41) is 0. The molecule has 1 aromatic heterocycles. The molecule has 1 atom stereocenters. The number of sulfone groups is 1. The zero-order chi connectivity index (χ0) is 17.0. The molecule has 0 radical (unpaired) electrons. The quantitative estimate of drug-likeness (QED) is 0.816. The molecule has 0 saturated heterocycles. The topological polar surface area (TPSA) is 50.3 Å². The fourth-order valence-corrected chi connectivity index (χ4v) is 3.09. The van der Waals surface area contributed by atoms with Gasteiger partial charge in [-0.3, -0.25) is 9.88 Å². The van der Waals surface area contributed by atoms with Crippen molar-refractivity contribution in [3.8, 4) is 0 Å². The minimum absolute atomic E-state index is 0.346. The van der Waals surface area contributed by atoms with Crippen LogP contribution in [0.2, 0.25) is 0 Å². The summed E-state index contributed by atoms with van der Waals surface area (Å²) in [6.07, 6.45) is 3.96. The molecule has 1 heterocycles. The molecule has 23 heavy (non-hydrogen) atoms. The Morgan fingerprint density at radius 3 is 2.39 bits per heavy atom. The third kappa shape index (κ3) is 5.15. The average molecular weight is 332 g/mol. The Morgan fingerprint density at radius 1 is 1.17 bits per heavy atom. The molecule has 0 saturated carbocycles. The summed E-state index contributed by atoms with van der Waals surface area (Å²) in [6.45, 7) is 5.02. The number of nitrogens with zero attached hydrogens (tertiary/aromatic N) is 2. The van der Waals surface area contributed by atoms with Crippen LogP contribution in [0.3, 0.4) is 0 Å². The summed E-state index contributed by atoms with van der Waals surface area (Å²) in [6, 6.07) is 11.6. The predicted molar refractivity (Wildman–Crippen MR) is 93.2 cm³/mol. The Balaban J connectivity index is 1.99. The van der Waals surface area contributed by atoms with Gasteiger partial charge in [0.15, 0.2) is 9.84 Å². The molecule has 1 unspecified atom stereocenters. The molecule has 0 amide bonds. The monoisotopic (exact) mass is 332 g/mol. The molecule has 0 aliphatic rings. The van der Waals surface area contributed by atoms with E-state index < -0.39 is 9.84 Å². The van der Waals surface area contributed by atoms with Crippen LogP contribution in [0.25, 0.3) is 0 Å². The number of aryl methyl sites for hydroxylation is 1. The molecule has 0 N–H and O–H groups in total. The maximum Gasteiger partial charge on any atom is 0.175 e. The van der Waals surface area contributed by atoms with Gasteiger partial charge in [-0.15, -0.1) is 0 Å². The van der Waals surface area contributed by atoms with Crippen molar-refractivity contribution in [3.05, 3.63) is 59.4 Å². The zero-order valence-corrected chi connectivity index (χ0v) is 15.0. The molecule has 5 heteroatoms. The molecule has 0 spiro atoms. The summed E-state index contributed by atoms with van der Waals surface area (Å²) in [5.74, 6) is 0. The lowest BCUT2D eigenvalue weighted by atomic mass is 10.1. The van der Waals surface area contributed by atoms with Gasteiger partial charge >= 0.3 is 0 Å². The summed E-state index contributed by atoms with van der Waals surface area (Å²) < 4.78 is 23.0. The molecule has 2 rings (SSSR count). The van der Waals surface area contributed by atoms with Crippen LogP contribution in [0.15, 0.2) is 47.5 Å². The van der Waals surface area contributed by atoms with E-state index in [1.807, 2.05) is 24.4 Å². The number of hydrogen-bond acceptors (Lipinski definition) is 4. The van der Waals surface area contributed by atoms with Gasteiger partial charge in [0.1, 0.15) is 0 Å². The normalized spacial score (nSPS) is 13.3. The lowest BCUT2D eigenvalue weighted by molar-refractivity contribution is 0.247. The minimum atomic E-state index is -3.13. The van der Waals surface area contributed by atoms with Crippen LogP contribution in [0.5, 0.6) is 0 Å². The third-order valence-electron chi connectivity index (χ3n) is 4.01. The Bertz CT molecular complexity index is 755. The van der Waals surface area contributed by atoms with Crippen LogP contribution in [-0.4, -0.2) is 37.6 Å². The van der Waals surface area contributed by atoms with Gasteiger partial charge < -0.3 is 0 Å². The highest BCUT2D eigenvalue weighted by molar-refractivity contribution is 7.90. The fourth-order valence-electron chi connectivity index (χ4n) is 2.45. The second kappa shape index (κ2) is 7.23. The van der Waals surface area contributed by atoms with Crippen molar-refractivity contribution in [3.63, 3.8) is 0 Å². The van der Waals surface area contributed by atoms with Crippen molar-refractivity contribution in [2.75, 3.05) is 13.3 Å². The van der Waals surface area contributed by atoms with Gasteiger partial charge in [-0.1, -0.05) is 12.1 Å². The molecule has 2 aromatic rings. The van der Waals surface area contributed by atoms with Crippen molar-refractivity contribution in [1.82, 2.24) is 9.88 Å². The first kappa shape index (κ1) is 17.6. The van der Waals surface area contributed by atoms with E-state index in [1.165, 1.54) is 11.8 Å². The van der Waals surface area contributed by atoms with Crippen molar-refractivity contribution < 1.29 is 8.42 Å². The van der Waals surface area contributed by atoms with Gasteiger partial charge in [-0.05, 0) is 56.3 Å².